The second-order valence-corrected chi connectivity index (χ2v) is 3.82. The van der Waals surface area contributed by atoms with Gasteiger partial charge in [-0.15, -0.1) is 0 Å². The lowest BCUT2D eigenvalue weighted by molar-refractivity contribution is -0.141. The van der Waals surface area contributed by atoms with Gasteiger partial charge in [0.1, 0.15) is 6.04 Å². The molecule has 0 aromatic carbocycles. The van der Waals surface area contributed by atoms with E-state index in [1.165, 1.54) is 6.92 Å². The molecule has 0 bridgehead atoms. The molecule has 1 aromatic heterocycles. The van der Waals surface area contributed by atoms with Gasteiger partial charge in [0.05, 0.1) is 4.99 Å². The molecule has 86 valence electrons. The Morgan fingerprint density at radius 1 is 1.62 bits per heavy atom. The highest BCUT2D eigenvalue weighted by Crippen LogP contribution is 2.03. The SMILES string of the molecule is C[C@@H](C(=O)O)N(N)C(=S)Cc1ccncc1. The minimum atomic E-state index is -1.00. The van der Waals surface area contributed by atoms with Crippen molar-refractivity contribution >= 4 is 23.2 Å². The van der Waals surface area contributed by atoms with Gasteiger partial charge in [-0.1, -0.05) is 12.2 Å². The standard InChI is InChI=1S/C10H13N3O2S/c1-7(10(14)15)13(11)9(16)6-8-2-4-12-5-3-8/h2-5,7H,6,11H2,1H3,(H,14,15)/t7-/m0/s1. The summed E-state index contributed by atoms with van der Waals surface area (Å²) < 4.78 is 0. The van der Waals surface area contributed by atoms with Gasteiger partial charge < -0.3 is 5.11 Å². The van der Waals surface area contributed by atoms with Gasteiger partial charge in [-0.25, -0.2) is 10.6 Å². The van der Waals surface area contributed by atoms with Crippen LogP contribution in [-0.2, 0) is 11.2 Å². The summed E-state index contributed by atoms with van der Waals surface area (Å²) in [6, 6.07) is 2.80. The Balaban J connectivity index is 2.63. The summed E-state index contributed by atoms with van der Waals surface area (Å²) in [6.45, 7) is 1.49. The average molecular weight is 239 g/mol. The summed E-state index contributed by atoms with van der Waals surface area (Å²) in [4.78, 5) is 15.0. The van der Waals surface area contributed by atoms with E-state index in [1.54, 1.807) is 12.4 Å². The fourth-order valence-electron chi connectivity index (χ4n) is 1.10. The van der Waals surface area contributed by atoms with E-state index < -0.39 is 12.0 Å². The maximum atomic E-state index is 10.7. The van der Waals surface area contributed by atoms with Crippen LogP contribution in [0.1, 0.15) is 12.5 Å². The molecule has 0 aliphatic heterocycles. The number of thiocarbonyl (C=S) groups is 1. The molecular weight excluding hydrogens is 226 g/mol. The predicted octanol–water partition coefficient (Wildman–Crippen LogP) is 0.600. The molecule has 0 radical (unpaired) electrons. The Labute approximate surface area is 98.9 Å². The van der Waals surface area contributed by atoms with Gasteiger partial charge >= 0.3 is 5.97 Å². The Hall–Kier alpha value is -1.53. The van der Waals surface area contributed by atoms with E-state index in [9.17, 15) is 4.79 Å². The first-order valence-electron chi connectivity index (χ1n) is 4.71. The van der Waals surface area contributed by atoms with Crippen molar-refractivity contribution < 1.29 is 9.90 Å². The number of aliphatic carboxylic acids is 1. The van der Waals surface area contributed by atoms with Gasteiger partial charge in [0, 0.05) is 18.8 Å². The Bertz CT molecular complexity index is 383. The molecule has 0 saturated heterocycles. The molecule has 1 atom stereocenters. The highest BCUT2D eigenvalue weighted by atomic mass is 32.1. The molecule has 6 heteroatoms. The van der Waals surface area contributed by atoms with Gasteiger partial charge in [-0.2, -0.15) is 0 Å². The van der Waals surface area contributed by atoms with Crippen molar-refractivity contribution in [2.75, 3.05) is 0 Å². The summed E-state index contributed by atoms with van der Waals surface area (Å²) in [5.74, 6) is 4.60. The molecule has 16 heavy (non-hydrogen) atoms. The topological polar surface area (TPSA) is 79.5 Å². The van der Waals surface area contributed by atoms with Crippen molar-refractivity contribution in [3.63, 3.8) is 0 Å². The van der Waals surface area contributed by atoms with Gasteiger partial charge in [0.2, 0.25) is 0 Å². The van der Waals surface area contributed by atoms with Crippen LogP contribution in [0.25, 0.3) is 0 Å². The number of hydrogen-bond donors (Lipinski definition) is 2. The molecule has 0 aliphatic carbocycles. The second-order valence-electron chi connectivity index (χ2n) is 3.35. The zero-order valence-electron chi connectivity index (χ0n) is 8.83. The van der Waals surface area contributed by atoms with Crippen LogP contribution in [0, 0.1) is 0 Å². The first kappa shape index (κ1) is 12.5. The van der Waals surface area contributed by atoms with Crippen molar-refractivity contribution in [1.29, 1.82) is 0 Å². The van der Waals surface area contributed by atoms with E-state index in [0.29, 0.717) is 11.4 Å². The monoisotopic (exact) mass is 239 g/mol. The number of hydrogen-bond acceptors (Lipinski definition) is 4. The molecule has 0 saturated carbocycles. The fraction of sp³-hybridized carbons (Fsp3) is 0.300. The first-order chi connectivity index (χ1) is 7.52. The van der Waals surface area contributed by atoms with E-state index in [-0.39, 0.29) is 0 Å². The fourth-order valence-corrected chi connectivity index (χ4v) is 1.43. The van der Waals surface area contributed by atoms with Crippen LogP contribution in [0.2, 0.25) is 0 Å². The summed E-state index contributed by atoms with van der Waals surface area (Å²) in [6.07, 6.45) is 3.74. The van der Waals surface area contributed by atoms with Crippen LogP contribution in [0.15, 0.2) is 24.5 Å². The highest BCUT2D eigenvalue weighted by Gasteiger charge is 2.19. The van der Waals surface area contributed by atoms with Crippen molar-refractivity contribution in [1.82, 2.24) is 9.99 Å². The molecule has 5 nitrogen and oxygen atoms in total. The van der Waals surface area contributed by atoms with Crippen LogP contribution < -0.4 is 5.84 Å². The third-order valence-corrected chi connectivity index (χ3v) is 2.52. The number of pyridine rings is 1. The zero-order valence-corrected chi connectivity index (χ0v) is 9.65. The molecule has 0 aliphatic rings. The van der Waals surface area contributed by atoms with Crippen molar-refractivity contribution in [3.8, 4) is 0 Å². The van der Waals surface area contributed by atoms with Crippen LogP contribution in [0.5, 0.6) is 0 Å². The first-order valence-corrected chi connectivity index (χ1v) is 5.11. The molecule has 0 spiro atoms. The molecular formula is C10H13N3O2S. The van der Waals surface area contributed by atoms with Crippen LogP contribution in [-0.4, -0.2) is 32.1 Å². The van der Waals surface area contributed by atoms with E-state index in [1.807, 2.05) is 12.1 Å². The molecule has 0 amide bonds. The van der Waals surface area contributed by atoms with Gasteiger partial charge in [0.25, 0.3) is 0 Å². The summed E-state index contributed by atoms with van der Waals surface area (Å²) in [5, 5.41) is 9.87. The van der Waals surface area contributed by atoms with Crippen molar-refractivity contribution in [2.45, 2.75) is 19.4 Å². The molecule has 0 unspecified atom stereocenters. The smallest absolute Gasteiger partial charge is 0.327 e. The zero-order chi connectivity index (χ0) is 12.1. The van der Waals surface area contributed by atoms with E-state index in [0.717, 1.165) is 10.6 Å². The summed E-state index contributed by atoms with van der Waals surface area (Å²) in [5.41, 5.74) is 0.952. The van der Waals surface area contributed by atoms with E-state index in [4.69, 9.17) is 23.2 Å². The molecule has 1 aromatic rings. The number of hydrazine groups is 1. The van der Waals surface area contributed by atoms with Gasteiger partial charge in [-0.05, 0) is 24.6 Å². The normalized spacial score (nSPS) is 11.9. The highest BCUT2D eigenvalue weighted by molar-refractivity contribution is 7.80. The molecule has 1 rings (SSSR count). The lowest BCUT2D eigenvalue weighted by Gasteiger charge is -2.23. The number of nitrogens with two attached hydrogens (primary N) is 1. The van der Waals surface area contributed by atoms with E-state index >= 15 is 0 Å². The Morgan fingerprint density at radius 2 is 2.19 bits per heavy atom. The lowest BCUT2D eigenvalue weighted by atomic mass is 10.2. The largest absolute Gasteiger partial charge is 0.480 e. The number of carboxylic acids is 1. The minimum Gasteiger partial charge on any atom is -0.480 e. The van der Waals surface area contributed by atoms with E-state index in [2.05, 4.69) is 4.98 Å². The van der Waals surface area contributed by atoms with Crippen LogP contribution >= 0.6 is 12.2 Å². The lowest BCUT2D eigenvalue weighted by Crippen LogP contribution is -2.47. The van der Waals surface area contributed by atoms with Crippen LogP contribution in [0.4, 0.5) is 0 Å². The Kier molecular flexibility index (Phi) is 4.33. The van der Waals surface area contributed by atoms with Gasteiger partial charge in [0.15, 0.2) is 0 Å². The number of rotatable bonds is 4. The average Bonchev–Trinajstić information content (AvgIpc) is 2.28. The van der Waals surface area contributed by atoms with Crippen molar-refractivity contribution in [2.24, 2.45) is 5.84 Å². The van der Waals surface area contributed by atoms with Crippen molar-refractivity contribution in [3.05, 3.63) is 30.1 Å². The maximum Gasteiger partial charge on any atom is 0.327 e. The number of aromatic nitrogens is 1. The Morgan fingerprint density at radius 3 is 2.69 bits per heavy atom. The summed E-state index contributed by atoms with van der Waals surface area (Å²) >= 11 is 5.07. The molecule has 3 N–H and O–H groups in total. The number of carbonyl (C=O) groups is 1. The minimum absolute atomic E-state index is 0.390. The number of nitrogens with zero attached hydrogens (tertiary/aromatic N) is 2. The predicted molar refractivity (Wildman–Crippen MR) is 63.7 cm³/mol. The third-order valence-electron chi connectivity index (χ3n) is 2.17. The maximum absolute atomic E-state index is 10.7. The second kappa shape index (κ2) is 5.53. The number of carboxylic acid groups (broad SMARTS) is 1. The summed E-state index contributed by atoms with van der Waals surface area (Å²) in [7, 11) is 0. The quantitative estimate of drug-likeness (QED) is 0.455. The molecule has 1 heterocycles. The van der Waals surface area contributed by atoms with Crippen LogP contribution in [0.3, 0.4) is 0 Å². The molecule has 0 fully saturated rings. The van der Waals surface area contributed by atoms with Gasteiger partial charge in [-0.3, -0.25) is 9.99 Å². The third kappa shape index (κ3) is 3.25.